The predicted octanol–water partition coefficient (Wildman–Crippen LogP) is -1.11. The number of aliphatic hydroxyl groups excluding tert-OH is 3. The topological polar surface area (TPSA) is 90.2 Å². The van der Waals surface area contributed by atoms with Gasteiger partial charge in [0.15, 0.2) is 11.4 Å². The van der Waals surface area contributed by atoms with E-state index in [9.17, 15) is 10.2 Å². The van der Waals surface area contributed by atoms with Gasteiger partial charge in [-0.15, -0.1) is 0 Å². The van der Waals surface area contributed by atoms with Crippen LogP contribution in [0.15, 0.2) is 12.0 Å². The molecule has 0 aromatic heterocycles. The van der Waals surface area contributed by atoms with Gasteiger partial charge in [0.1, 0.15) is 18.5 Å². The van der Waals surface area contributed by atoms with Crippen LogP contribution in [0.3, 0.4) is 0 Å². The molecule has 0 aromatic rings. The fourth-order valence-electron chi connectivity index (χ4n) is 1.00. The van der Waals surface area contributed by atoms with Crippen LogP contribution in [0.4, 0.5) is 0 Å². The molecular formula is C7H12O5. The summed E-state index contributed by atoms with van der Waals surface area (Å²) in [5.74, 6) is -0.445. The molecule has 0 amide bonds. The summed E-state index contributed by atoms with van der Waals surface area (Å²) < 4.78 is 4.72. The van der Waals surface area contributed by atoms with Gasteiger partial charge in [-0.1, -0.05) is 0 Å². The van der Waals surface area contributed by atoms with Crippen LogP contribution in [0.2, 0.25) is 0 Å². The molecule has 4 N–H and O–H groups in total. The summed E-state index contributed by atoms with van der Waals surface area (Å²) in [6.07, 6.45) is -1.29. The summed E-state index contributed by atoms with van der Waals surface area (Å²) >= 11 is 0. The van der Waals surface area contributed by atoms with E-state index in [1.54, 1.807) is 0 Å². The Balaban J connectivity index is 2.87. The molecule has 0 bridgehead atoms. The number of rotatable bonds is 1. The average molecular weight is 176 g/mol. The Kier molecular flexibility index (Phi) is 2.27. The zero-order valence-corrected chi connectivity index (χ0v) is 6.64. The summed E-state index contributed by atoms with van der Waals surface area (Å²) in [6.45, 7) is 0.829. The van der Waals surface area contributed by atoms with Gasteiger partial charge in [-0.2, -0.15) is 0 Å². The van der Waals surface area contributed by atoms with Crippen LogP contribution < -0.4 is 0 Å². The van der Waals surface area contributed by atoms with Crippen molar-refractivity contribution in [1.29, 1.82) is 0 Å². The van der Waals surface area contributed by atoms with E-state index in [1.807, 2.05) is 0 Å². The second-order valence-electron chi connectivity index (χ2n) is 2.95. The molecule has 0 saturated heterocycles. The Morgan fingerprint density at radius 3 is 2.75 bits per heavy atom. The minimum absolute atomic E-state index is 0.416. The molecule has 5 heteroatoms. The molecule has 1 aliphatic rings. The van der Waals surface area contributed by atoms with Crippen molar-refractivity contribution in [3.63, 3.8) is 0 Å². The van der Waals surface area contributed by atoms with Gasteiger partial charge in [0, 0.05) is 0 Å². The van der Waals surface area contributed by atoms with Crippen molar-refractivity contribution in [2.75, 3.05) is 6.61 Å². The van der Waals surface area contributed by atoms with Crippen molar-refractivity contribution in [2.24, 2.45) is 0 Å². The highest BCUT2D eigenvalue weighted by Gasteiger charge is 2.44. The first kappa shape index (κ1) is 9.31. The van der Waals surface area contributed by atoms with Gasteiger partial charge in [0.05, 0.1) is 6.61 Å². The SMILES string of the molecule is C[C@]1(O)C(O)=COC(CO)[C@H]1O. The standard InChI is InChI=1S/C7H12O5/c1-7(11)5(9)3-12-4(2-8)6(7)10/h3-4,6,8-11H,2H2,1H3/t4?,6-,7+/m1/s1. The number of hydrogen-bond donors (Lipinski definition) is 4. The molecule has 0 fully saturated rings. The van der Waals surface area contributed by atoms with Crippen molar-refractivity contribution in [3.05, 3.63) is 12.0 Å². The normalized spacial score (nSPS) is 41.8. The lowest BCUT2D eigenvalue weighted by atomic mass is 9.91. The maximum Gasteiger partial charge on any atom is 0.161 e. The fraction of sp³-hybridized carbons (Fsp3) is 0.714. The van der Waals surface area contributed by atoms with Gasteiger partial charge in [-0.25, -0.2) is 0 Å². The Morgan fingerprint density at radius 2 is 2.25 bits per heavy atom. The number of ether oxygens (including phenoxy) is 1. The van der Waals surface area contributed by atoms with E-state index in [2.05, 4.69) is 0 Å². The van der Waals surface area contributed by atoms with Crippen molar-refractivity contribution in [1.82, 2.24) is 0 Å². The van der Waals surface area contributed by atoms with Crippen molar-refractivity contribution >= 4 is 0 Å². The van der Waals surface area contributed by atoms with E-state index in [0.717, 1.165) is 6.26 Å². The minimum Gasteiger partial charge on any atom is -0.506 e. The van der Waals surface area contributed by atoms with E-state index in [-0.39, 0.29) is 0 Å². The highest BCUT2D eigenvalue weighted by molar-refractivity contribution is 5.12. The zero-order chi connectivity index (χ0) is 9.35. The van der Waals surface area contributed by atoms with Crippen molar-refractivity contribution < 1.29 is 25.2 Å². The molecule has 12 heavy (non-hydrogen) atoms. The number of hydrogen-bond acceptors (Lipinski definition) is 5. The van der Waals surface area contributed by atoms with E-state index < -0.39 is 30.2 Å². The van der Waals surface area contributed by atoms with Crippen molar-refractivity contribution in [2.45, 2.75) is 24.7 Å². The summed E-state index contributed by atoms with van der Waals surface area (Å²) in [7, 11) is 0. The maximum absolute atomic E-state index is 9.45. The van der Waals surface area contributed by atoms with Gasteiger partial charge < -0.3 is 25.2 Å². The molecule has 1 heterocycles. The second-order valence-corrected chi connectivity index (χ2v) is 2.95. The molecule has 70 valence electrons. The lowest BCUT2D eigenvalue weighted by Crippen LogP contribution is -2.52. The van der Waals surface area contributed by atoms with E-state index in [4.69, 9.17) is 14.9 Å². The molecule has 0 aromatic carbocycles. The average Bonchev–Trinajstić information content (AvgIpc) is 2.02. The summed E-state index contributed by atoms with van der Waals surface area (Å²) in [5.41, 5.74) is -1.74. The first-order chi connectivity index (χ1) is 5.50. The predicted molar refractivity (Wildman–Crippen MR) is 39.3 cm³/mol. The second kappa shape index (κ2) is 2.93. The van der Waals surface area contributed by atoms with Crippen LogP contribution in [0.25, 0.3) is 0 Å². The Labute approximate surface area is 69.5 Å². The summed E-state index contributed by atoms with van der Waals surface area (Å²) in [5, 5.41) is 36.5. The number of aliphatic hydroxyl groups is 4. The lowest BCUT2D eigenvalue weighted by Gasteiger charge is -2.36. The third-order valence-corrected chi connectivity index (χ3v) is 1.98. The van der Waals surface area contributed by atoms with Crippen LogP contribution in [0.1, 0.15) is 6.92 Å². The third kappa shape index (κ3) is 1.26. The van der Waals surface area contributed by atoms with Crippen molar-refractivity contribution in [3.8, 4) is 0 Å². The molecule has 0 saturated carbocycles. The van der Waals surface area contributed by atoms with Gasteiger partial charge in [-0.05, 0) is 6.92 Å². The Morgan fingerprint density at radius 1 is 1.67 bits per heavy atom. The smallest absolute Gasteiger partial charge is 0.161 e. The van der Waals surface area contributed by atoms with Crippen LogP contribution in [0, 0.1) is 0 Å². The first-order valence-electron chi connectivity index (χ1n) is 3.56. The fourth-order valence-corrected chi connectivity index (χ4v) is 1.00. The van der Waals surface area contributed by atoms with Crippen LogP contribution >= 0.6 is 0 Å². The lowest BCUT2D eigenvalue weighted by molar-refractivity contribution is -0.146. The molecule has 0 radical (unpaired) electrons. The molecule has 1 aliphatic heterocycles. The highest BCUT2D eigenvalue weighted by Crippen LogP contribution is 2.26. The third-order valence-electron chi connectivity index (χ3n) is 1.98. The summed E-state index contributed by atoms with van der Waals surface area (Å²) in [6, 6.07) is 0. The van der Waals surface area contributed by atoms with Crippen LogP contribution in [-0.2, 0) is 4.74 Å². The van der Waals surface area contributed by atoms with Gasteiger partial charge >= 0.3 is 0 Å². The molecule has 3 atom stereocenters. The molecule has 0 aliphatic carbocycles. The van der Waals surface area contributed by atoms with Gasteiger partial charge in [0.25, 0.3) is 0 Å². The first-order valence-corrected chi connectivity index (χ1v) is 3.56. The van der Waals surface area contributed by atoms with E-state index >= 15 is 0 Å². The Bertz CT molecular complexity index is 198. The monoisotopic (exact) mass is 176 g/mol. The molecular weight excluding hydrogens is 164 g/mol. The van der Waals surface area contributed by atoms with E-state index in [0.29, 0.717) is 0 Å². The van der Waals surface area contributed by atoms with Gasteiger partial charge in [0.2, 0.25) is 0 Å². The van der Waals surface area contributed by atoms with Crippen LogP contribution in [0.5, 0.6) is 0 Å². The van der Waals surface area contributed by atoms with Crippen LogP contribution in [-0.4, -0.2) is 44.8 Å². The van der Waals surface area contributed by atoms with E-state index in [1.165, 1.54) is 6.92 Å². The molecule has 1 unspecified atom stereocenters. The van der Waals surface area contributed by atoms with Gasteiger partial charge in [-0.3, -0.25) is 0 Å². The maximum atomic E-state index is 9.45. The Hall–Kier alpha value is -0.780. The quantitative estimate of drug-likeness (QED) is 0.406. The highest BCUT2D eigenvalue weighted by atomic mass is 16.5. The molecule has 5 nitrogen and oxygen atoms in total. The molecule has 0 spiro atoms. The minimum atomic E-state index is -1.74. The summed E-state index contributed by atoms with van der Waals surface area (Å²) in [4.78, 5) is 0. The zero-order valence-electron chi connectivity index (χ0n) is 6.64. The largest absolute Gasteiger partial charge is 0.506 e. The molecule has 1 rings (SSSR count).